The van der Waals surface area contributed by atoms with E-state index < -0.39 is 11.0 Å². The fourth-order valence-electron chi connectivity index (χ4n) is 0.853. The van der Waals surface area contributed by atoms with Gasteiger partial charge in [-0.05, 0) is 17.7 Å². The molecule has 13 heavy (non-hydrogen) atoms. The van der Waals surface area contributed by atoms with Crippen molar-refractivity contribution in [2.75, 3.05) is 0 Å². The van der Waals surface area contributed by atoms with Crippen LogP contribution in [0.5, 0.6) is 0 Å². The van der Waals surface area contributed by atoms with Crippen LogP contribution in [0.2, 0.25) is 0 Å². The van der Waals surface area contributed by atoms with Crippen molar-refractivity contribution in [3.63, 3.8) is 0 Å². The average Bonchev–Trinajstić information content (AvgIpc) is 2.17. The number of aliphatic hydroxyl groups excluding tert-OH is 1. The lowest BCUT2D eigenvalue weighted by atomic mass is 10.1. The van der Waals surface area contributed by atoms with Crippen molar-refractivity contribution in [3.8, 4) is 6.07 Å². The quantitative estimate of drug-likeness (QED) is 0.418. The van der Waals surface area contributed by atoms with E-state index in [1.165, 1.54) is 24.3 Å². The number of nitro groups is 1. The maximum absolute atomic E-state index is 10.2. The first kappa shape index (κ1) is 9.16. The number of aliphatic hydroxyl groups is 1. The minimum Gasteiger partial charge on any atom is -0.374 e. The van der Waals surface area contributed by atoms with Gasteiger partial charge in [0.1, 0.15) is 0 Å². The molecule has 0 saturated heterocycles. The van der Waals surface area contributed by atoms with Gasteiger partial charge in [-0.15, -0.1) is 0 Å². The number of nitro benzene ring substituents is 1. The normalized spacial score (nSPS) is 11.7. The average molecular weight is 178 g/mol. The Labute approximate surface area is 74.0 Å². The van der Waals surface area contributed by atoms with Crippen LogP contribution in [-0.2, 0) is 0 Å². The zero-order valence-electron chi connectivity index (χ0n) is 6.54. The first-order valence-electron chi connectivity index (χ1n) is 3.47. The third kappa shape index (κ3) is 2.01. The molecular formula is C8H6N2O3. The van der Waals surface area contributed by atoms with Crippen LogP contribution in [0.4, 0.5) is 5.69 Å². The predicted octanol–water partition coefficient (Wildman–Crippen LogP) is 1.15. The predicted molar refractivity (Wildman–Crippen MR) is 43.7 cm³/mol. The molecule has 66 valence electrons. The van der Waals surface area contributed by atoms with Crippen LogP contribution >= 0.6 is 0 Å². The van der Waals surface area contributed by atoms with Crippen LogP contribution in [0.3, 0.4) is 0 Å². The van der Waals surface area contributed by atoms with Crippen molar-refractivity contribution in [1.29, 1.82) is 5.26 Å². The first-order valence-corrected chi connectivity index (χ1v) is 3.47. The number of nitrogens with zero attached hydrogens (tertiary/aromatic N) is 2. The summed E-state index contributed by atoms with van der Waals surface area (Å²) >= 11 is 0. The molecule has 0 fully saturated rings. The number of hydrogen-bond donors (Lipinski definition) is 1. The summed E-state index contributed by atoms with van der Waals surface area (Å²) in [6, 6.07) is 6.81. The molecule has 1 atom stereocenters. The molecule has 0 radical (unpaired) electrons. The van der Waals surface area contributed by atoms with Crippen molar-refractivity contribution in [3.05, 3.63) is 39.9 Å². The Kier molecular flexibility index (Phi) is 2.57. The Balaban J connectivity index is 2.95. The van der Waals surface area contributed by atoms with Crippen LogP contribution in [0.25, 0.3) is 0 Å². The van der Waals surface area contributed by atoms with E-state index in [0.29, 0.717) is 5.56 Å². The van der Waals surface area contributed by atoms with Gasteiger partial charge in [0.05, 0.1) is 11.0 Å². The summed E-state index contributed by atoms with van der Waals surface area (Å²) in [7, 11) is 0. The number of benzene rings is 1. The second kappa shape index (κ2) is 3.65. The van der Waals surface area contributed by atoms with Gasteiger partial charge in [0.25, 0.3) is 5.69 Å². The Hall–Kier alpha value is -1.93. The summed E-state index contributed by atoms with van der Waals surface area (Å²) in [6.07, 6.45) is -1.22. The molecule has 0 unspecified atom stereocenters. The number of rotatable bonds is 2. The van der Waals surface area contributed by atoms with E-state index in [-0.39, 0.29) is 5.69 Å². The van der Waals surface area contributed by atoms with Gasteiger partial charge in [0.2, 0.25) is 0 Å². The Morgan fingerprint density at radius 2 is 2.00 bits per heavy atom. The van der Waals surface area contributed by atoms with Crippen molar-refractivity contribution in [2.24, 2.45) is 0 Å². The maximum atomic E-state index is 10.2. The maximum Gasteiger partial charge on any atom is 0.269 e. The zero-order chi connectivity index (χ0) is 9.84. The fraction of sp³-hybridized carbons (Fsp3) is 0.125. The topological polar surface area (TPSA) is 87.2 Å². The molecule has 0 aliphatic rings. The Morgan fingerprint density at radius 1 is 1.46 bits per heavy atom. The summed E-state index contributed by atoms with van der Waals surface area (Å²) in [5.41, 5.74) is 0.294. The summed E-state index contributed by atoms with van der Waals surface area (Å²) in [5.74, 6) is 0. The molecule has 0 bridgehead atoms. The van der Waals surface area contributed by atoms with Crippen LogP contribution in [0.1, 0.15) is 11.7 Å². The Bertz CT molecular complexity index is 353. The molecule has 0 heterocycles. The molecule has 5 heteroatoms. The molecule has 1 aromatic carbocycles. The molecule has 1 aromatic rings. The molecule has 0 aliphatic heterocycles. The lowest BCUT2D eigenvalue weighted by Gasteiger charge is -1.99. The van der Waals surface area contributed by atoms with Gasteiger partial charge in [-0.25, -0.2) is 0 Å². The Morgan fingerprint density at radius 3 is 2.38 bits per heavy atom. The molecular weight excluding hydrogens is 172 g/mol. The van der Waals surface area contributed by atoms with Crippen molar-refractivity contribution in [2.45, 2.75) is 6.10 Å². The molecule has 0 saturated carbocycles. The highest BCUT2D eigenvalue weighted by Gasteiger charge is 2.08. The number of hydrogen-bond acceptors (Lipinski definition) is 4. The number of nitriles is 1. The van der Waals surface area contributed by atoms with Crippen LogP contribution in [-0.4, -0.2) is 10.0 Å². The van der Waals surface area contributed by atoms with Gasteiger partial charge in [0, 0.05) is 12.1 Å². The second-order valence-electron chi connectivity index (χ2n) is 2.38. The molecule has 0 aromatic heterocycles. The van der Waals surface area contributed by atoms with Gasteiger partial charge in [-0.2, -0.15) is 5.26 Å². The fourth-order valence-corrected chi connectivity index (χ4v) is 0.853. The summed E-state index contributed by atoms with van der Waals surface area (Å²) < 4.78 is 0. The lowest BCUT2D eigenvalue weighted by Crippen LogP contribution is -1.94. The zero-order valence-corrected chi connectivity index (χ0v) is 6.54. The van der Waals surface area contributed by atoms with Gasteiger partial charge < -0.3 is 5.11 Å². The molecule has 1 N–H and O–H groups in total. The summed E-state index contributed by atoms with van der Waals surface area (Å²) in [5, 5.41) is 27.6. The highest BCUT2D eigenvalue weighted by Crippen LogP contribution is 2.16. The van der Waals surface area contributed by atoms with Gasteiger partial charge >= 0.3 is 0 Å². The van der Waals surface area contributed by atoms with Crippen molar-refractivity contribution < 1.29 is 10.0 Å². The molecule has 1 rings (SSSR count). The summed E-state index contributed by atoms with van der Waals surface area (Å²) in [6.45, 7) is 0. The minimum absolute atomic E-state index is 0.0612. The lowest BCUT2D eigenvalue weighted by molar-refractivity contribution is -0.384. The molecule has 0 aliphatic carbocycles. The number of non-ortho nitro benzene ring substituents is 1. The van der Waals surface area contributed by atoms with Crippen molar-refractivity contribution in [1.82, 2.24) is 0 Å². The van der Waals surface area contributed by atoms with E-state index in [2.05, 4.69) is 0 Å². The van der Waals surface area contributed by atoms with E-state index in [1.807, 2.05) is 0 Å². The van der Waals surface area contributed by atoms with E-state index >= 15 is 0 Å². The van der Waals surface area contributed by atoms with E-state index in [1.54, 1.807) is 6.07 Å². The second-order valence-corrected chi connectivity index (χ2v) is 2.38. The highest BCUT2D eigenvalue weighted by molar-refractivity contribution is 5.34. The highest BCUT2D eigenvalue weighted by atomic mass is 16.6. The van der Waals surface area contributed by atoms with Gasteiger partial charge in [0.15, 0.2) is 6.10 Å². The van der Waals surface area contributed by atoms with E-state index in [9.17, 15) is 10.1 Å². The molecule has 0 amide bonds. The van der Waals surface area contributed by atoms with Gasteiger partial charge in [-0.3, -0.25) is 10.1 Å². The van der Waals surface area contributed by atoms with Crippen molar-refractivity contribution >= 4 is 5.69 Å². The van der Waals surface area contributed by atoms with Crippen LogP contribution in [0.15, 0.2) is 24.3 Å². The SMILES string of the molecule is N#C[C@H](O)c1ccc([N+](=O)[O-])cc1. The van der Waals surface area contributed by atoms with E-state index in [4.69, 9.17) is 10.4 Å². The first-order chi connectivity index (χ1) is 6.15. The third-order valence-electron chi connectivity index (χ3n) is 1.54. The third-order valence-corrected chi connectivity index (χ3v) is 1.54. The van der Waals surface area contributed by atoms with Crippen LogP contribution < -0.4 is 0 Å². The van der Waals surface area contributed by atoms with Crippen LogP contribution in [0, 0.1) is 21.4 Å². The molecule has 5 nitrogen and oxygen atoms in total. The van der Waals surface area contributed by atoms with E-state index in [0.717, 1.165) is 0 Å². The molecule has 0 spiro atoms. The minimum atomic E-state index is -1.22. The largest absolute Gasteiger partial charge is 0.374 e. The smallest absolute Gasteiger partial charge is 0.269 e. The monoisotopic (exact) mass is 178 g/mol. The standard InChI is InChI=1S/C8H6N2O3/c9-5-8(11)6-1-3-7(4-2-6)10(12)13/h1-4,8,11H/t8-/m0/s1. The summed E-state index contributed by atoms with van der Waals surface area (Å²) in [4.78, 5) is 9.69. The van der Waals surface area contributed by atoms with Gasteiger partial charge in [-0.1, -0.05) is 0 Å².